The molecular formula is C14H17N5O10S2. The maximum absolute atomic E-state index is 12.7. The van der Waals surface area contributed by atoms with Crippen LogP contribution in [0.1, 0.15) is 19.5 Å². The van der Waals surface area contributed by atoms with Crippen molar-refractivity contribution in [3.05, 3.63) is 11.1 Å². The topological polar surface area (TPSA) is 228 Å². The Labute approximate surface area is 178 Å². The molecule has 170 valence electrons. The largest absolute Gasteiger partial charge is 0.478 e. The van der Waals surface area contributed by atoms with Gasteiger partial charge in [0.25, 0.3) is 11.8 Å². The Morgan fingerprint density at radius 3 is 2.45 bits per heavy atom. The highest BCUT2D eigenvalue weighted by Gasteiger charge is 2.58. The number of anilines is 1. The van der Waals surface area contributed by atoms with Crippen LogP contribution in [0.15, 0.2) is 10.5 Å². The van der Waals surface area contributed by atoms with Gasteiger partial charge in [-0.25, -0.2) is 14.6 Å². The van der Waals surface area contributed by atoms with Gasteiger partial charge in [0.05, 0.1) is 7.11 Å². The minimum atomic E-state index is -5.11. The highest BCUT2D eigenvalue weighted by molar-refractivity contribution is 7.84. The maximum atomic E-state index is 12.7. The van der Waals surface area contributed by atoms with Gasteiger partial charge in [0, 0.05) is 5.38 Å². The van der Waals surface area contributed by atoms with Crippen molar-refractivity contribution in [1.82, 2.24) is 14.6 Å². The summed E-state index contributed by atoms with van der Waals surface area (Å²) in [4.78, 5) is 56.6. The van der Waals surface area contributed by atoms with Gasteiger partial charge in [-0.2, -0.15) is 12.7 Å². The van der Waals surface area contributed by atoms with E-state index in [4.69, 9.17) is 20.2 Å². The van der Waals surface area contributed by atoms with E-state index in [1.54, 1.807) is 0 Å². The lowest BCUT2D eigenvalue weighted by Crippen LogP contribution is -2.74. The molecule has 0 unspecified atom stereocenters. The standard InChI is InChI=1S/C14H17N5O10S2/c1-14(2,12(23)24)29-18-6(5-4-30-13(15)16-5)9(20)17-7-8(11(22)28-3)19(10(7)21)31(25,26)27/h4,7-8H,1-3H3,(H2,15,16)(H,17,20)(H,23,24)(H,25,26,27)/b18-6-/t7-,8+/m1/s1. The van der Waals surface area contributed by atoms with Crippen molar-refractivity contribution in [2.24, 2.45) is 5.16 Å². The van der Waals surface area contributed by atoms with Gasteiger partial charge in [-0.3, -0.25) is 14.1 Å². The van der Waals surface area contributed by atoms with Gasteiger partial charge >= 0.3 is 22.2 Å². The number of β-lactam (4-membered cyclic amide) rings is 1. The van der Waals surface area contributed by atoms with E-state index in [0.29, 0.717) is 0 Å². The number of aliphatic carboxylic acids is 1. The number of nitrogen functional groups attached to an aromatic ring is 1. The molecule has 31 heavy (non-hydrogen) atoms. The predicted octanol–water partition coefficient (Wildman–Crippen LogP) is -2.02. The Bertz CT molecular complexity index is 1060. The number of methoxy groups -OCH3 is 1. The van der Waals surface area contributed by atoms with Crippen LogP contribution < -0.4 is 11.1 Å². The first-order valence-corrected chi connectivity index (χ1v) is 10.4. The van der Waals surface area contributed by atoms with Crippen LogP contribution in [0, 0.1) is 0 Å². The van der Waals surface area contributed by atoms with Gasteiger partial charge in [0.1, 0.15) is 11.7 Å². The molecule has 17 heteroatoms. The number of amides is 2. The van der Waals surface area contributed by atoms with Crippen LogP contribution in [0.25, 0.3) is 0 Å². The van der Waals surface area contributed by atoms with Gasteiger partial charge < -0.3 is 25.7 Å². The Morgan fingerprint density at radius 1 is 1.39 bits per heavy atom. The van der Waals surface area contributed by atoms with Crippen molar-refractivity contribution in [3.63, 3.8) is 0 Å². The molecule has 2 atom stereocenters. The monoisotopic (exact) mass is 479 g/mol. The second-order valence-electron chi connectivity index (χ2n) is 6.45. The van der Waals surface area contributed by atoms with Gasteiger partial charge in [-0.1, -0.05) is 5.16 Å². The van der Waals surface area contributed by atoms with Gasteiger partial charge in [-0.05, 0) is 13.8 Å². The molecule has 0 spiro atoms. The Morgan fingerprint density at radius 2 is 2.00 bits per heavy atom. The van der Waals surface area contributed by atoms with Crippen LogP contribution in [0.2, 0.25) is 0 Å². The summed E-state index contributed by atoms with van der Waals surface area (Å²) in [6.07, 6.45) is 0. The van der Waals surface area contributed by atoms with E-state index in [9.17, 15) is 27.6 Å². The number of carbonyl (C=O) groups is 4. The summed E-state index contributed by atoms with van der Waals surface area (Å²) in [5.41, 5.74) is 2.92. The lowest BCUT2D eigenvalue weighted by atomic mass is 9.98. The second kappa shape index (κ2) is 8.44. The van der Waals surface area contributed by atoms with Gasteiger partial charge in [-0.15, -0.1) is 11.3 Å². The van der Waals surface area contributed by atoms with Gasteiger partial charge in [0.2, 0.25) is 5.60 Å². The smallest absolute Gasteiger partial charge is 0.363 e. The number of carbonyl (C=O) groups excluding carboxylic acids is 3. The third-order valence-electron chi connectivity index (χ3n) is 3.89. The number of thiazole rings is 1. The number of aromatic nitrogens is 1. The molecule has 0 saturated carbocycles. The SMILES string of the molecule is COC(=O)[C@@H]1[C@@H](NC(=O)/C(=N\OC(C)(C)C(=O)O)c2csc(N)n2)C(=O)N1S(=O)(=O)O. The first-order valence-electron chi connectivity index (χ1n) is 8.11. The fourth-order valence-electron chi connectivity index (χ4n) is 2.22. The summed E-state index contributed by atoms with van der Waals surface area (Å²) in [5, 5.41) is 16.0. The molecule has 5 N–H and O–H groups in total. The molecule has 0 radical (unpaired) electrons. The van der Waals surface area contributed by atoms with E-state index in [0.717, 1.165) is 32.3 Å². The van der Waals surface area contributed by atoms with Gasteiger partial charge in [0.15, 0.2) is 16.9 Å². The van der Waals surface area contributed by atoms with E-state index >= 15 is 0 Å². The number of nitrogens with zero attached hydrogens (tertiary/aromatic N) is 3. The lowest BCUT2D eigenvalue weighted by molar-refractivity contribution is -0.162. The molecule has 1 aliphatic rings. The van der Waals surface area contributed by atoms with Crippen molar-refractivity contribution in [1.29, 1.82) is 0 Å². The van der Waals surface area contributed by atoms with Crippen molar-refractivity contribution < 1.29 is 46.8 Å². The number of esters is 1. The minimum absolute atomic E-state index is 0.0256. The van der Waals surface area contributed by atoms with Crippen LogP contribution in [0.4, 0.5) is 5.13 Å². The molecular weight excluding hydrogens is 462 g/mol. The fourth-order valence-corrected chi connectivity index (χ4v) is 3.61. The van der Waals surface area contributed by atoms with Crippen LogP contribution in [-0.2, 0) is 39.1 Å². The van der Waals surface area contributed by atoms with Crippen molar-refractivity contribution >= 4 is 56.2 Å². The number of ether oxygens (including phenoxy) is 1. The zero-order valence-corrected chi connectivity index (χ0v) is 17.8. The number of hydrogen-bond acceptors (Lipinski definition) is 12. The normalized spacial score (nSPS) is 19.4. The van der Waals surface area contributed by atoms with E-state index in [-0.39, 0.29) is 15.1 Å². The molecule has 0 aliphatic carbocycles. The molecule has 1 fully saturated rings. The quantitative estimate of drug-likeness (QED) is 0.104. The zero-order chi connectivity index (χ0) is 23.7. The summed E-state index contributed by atoms with van der Waals surface area (Å²) in [6, 6.07) is -3.62. The Hall–Kier alpha value is -3.31. The average Bonchev–Trinajstić information content (AvgIpc) is 3.07. The summed E-state index contributed by atoms with van der Waals surface area (Å²) in [5.74, 6) is -5.14. The summed E-state index contributed by atoms with van der Waals surface area (Å²) in [6.45, 7) is 2.30. The second-order valence-corrected chi connectivity index (χ2v) is 8.63. The number of oxime groups is 1. The number of nitrogens with two attached hydrogens (primary N) is 1. The molecule has 2 amide bonds. The van der Waals surface area contributed by atoms with Crippen molar-refractivity contribution in [2.45, 2.75) is 31.5 Å². The third kappa shape index (κ3) is 4.89. The number of hydrogen-bond donors (Lipinski definition) is 4. The van der Waals surface area contributed by atoms with E-state index < -0.39 is 57.5 Å². The van der Waals surface area contributed by atoms with E-state index in [2.05, 4.69) is 20.2 Å². The Balaban J connectivity index is 2.36. The van der Waals surface area contributed by atoms with E-state index in [1.165, 1.54) is 5.38 Å². The summed E-state index contributed by atoms with van der Waals surface area (Å²) >= 11 is 0.914. The molecule has 15 nitrogen and oxygen atoms in total. The van der Waals surface area contributed by atoms with Crippen LogP contribution >= 0.6 is 11.3 Å². The molecule has 2 rings (SSSR count). The molecule has 1 aromatic rings. The third-order valence-corrected chi connectivity index (χ3v) is 5.47. The molecule has 0 aromatic carbocycles. The zero-order valence-electron chi connectivity index (χ0n) is 16.1. The van der Waals surface area contributed by atoms with Crippen LogP contribution in [-0.4, -0.2) is 81.6 Å². The van der Waals surface area contributed by atoms with Crippen LogP contribution in [0.5, 0.6) is 0 Å². The van der Waals surface area contributed by atoms with Crippen molar-refractivity contribution in [2.75, 3.05) is 12.8 Å². The fraction of sp³-hybridized carbons (Fsp3) is 0.429. The predicted molar refractivity (Wildman–Crippen MR) is 102 cm³/mol. The lowest BCUT2D eigenvalue weighted by Gasteiger charge is -2.41. The minimum Gasteiger partial charge on any atom is -0.478 e. The average molecular weight is 479 g/mol. The van der Waals surface area contributed by atoms with Crippen molar-refractivity contribution in [3.8, 4) is 0 Å². The number of carboxylic acids is 1. The summed E-state index contributed by atoms with van der Waals surface area (Å²) in [7, 11) is -4.21. The first kappa shape index (κ1) is 24.0. The maximum Gasteiger partial charge on any atom is 0.363 e. The molecule has 2 heterocycles. The Kier molecular flexibility index (Phi) is 6.52. The van der Waals surface area contributed by atoms with E-state index in [1.807, 2.05) is 0 Å². The highest BCUT2D eigenvalue weighted by Crippen LogP contribution is 2.25. The number of rotatable bonds is 8. The highest BCUT2D eigenvalue weighted by atomic mass is 32.2. The molecule has 0 bridgehead atoms. The number of carboxylic acid groups (broad SMARTS) is 1. The molecule has 1 aliphatic heterocycles. The van der Waals surface area contributed by atoms with Crippen LogP contribution in [0.3, 0.4) is 0 Å². The number of nitrogens with one attached hydrogen (secondary N) is 1. The first-order chi connectivity index (χ1) is 14.2. The summed E-state index contributed by atoms with van der Waals surface area (Å²) < 4.78 is 36.0. The molecule has 1 aromatic heterocycles. The molecule has 1 saturated heterocycles.